The smallest absolute Gasteiger partial charge is 0.241 e. The van der Waals surface area contributed by atoms with Gasteiger partial charge in [-0.25, -0.2) is 0 Å². The standard InChI is InChI=1S/C17H26N2OS/c1-5-21-11-13(4)19-16(14-9-7-6-8-10-14)18-15(12(2)3)17(19)20/h6-10,12-13,15-16,18H,5,11H2,1-4H3. The number of nitrogens with zero attached hydrogens (tertiary/aromatic N) is 1. The number of rotatable bonds is 6. The number of hydrogen-bond donors (Lipinski definition) is 1. The molecule has 1 heterocycles. The van der Waals surface area contributed by atoms with E-state index in [2.05, 4.69) is 45.1 Å². The Hall–Kier alpha value is -1.00. The molecule has 1 N–H and O–H groups in total. The number of hydrogen-bond acceptors (Lipinski definition) is 3. The lowest BCUT2D eigenvalue weighted by Crippen LogP contribution is -2.40. The van der Waals surface area contributed by atoms with Crippen molar-refractivity contribution in [3.63, 3.8) is 0 Å². The molecule has 3 nitrogen and oxygen atoms in total. The minimum atomic E-state index is -0.0794. The highest BCUT2D eigenvalue weighted by Crippen LogP contribution is 2.30. The van der Waals surface area contributed by atoms with E-state index < -0.39 is 0 Å². The summed E-state index contributed by atoms with van der Waals surface area (Å²) in [5.74, 6) is 2.62. The van der Waals surface area contributed by atoms with Crippen LogP contribution in [-0.2, 0) is 4.79 Å². The largest absolute Gasteiger partial charge is 0.318 e. The molecule has 3 unspecified atom stereocenters. The van der Waals surface area contributed by atoms with Crippen molar-refractivity contribution in [2.75, 3.05) is 11.5 Å². The SMILES string of the molecule is CCSCC(C)N1C(=O)C(C(C)C)NC1c1ccccc1. The second-order valence-corrected chi connectivity index (χ2v) is 7.27. The van der Waals surface area contributed by atoms with Crippen LogP contribution < -0.4 is 5.32 Å². The third-order valence-electron chi connectivity index (χ3n) is 3.96. The Morgan fingerprint density at radius 2 is 1.90 bits per heavy atom. The molecule has 0 aliphatic carbocycles. The van der Waals surface area contributed by atoms with E-state index in [1.165, 1.54) is 5.56 Å². The van der Waals surface area contributed by atoms with Gasteiger partial charge in [-0.2, -0.15) is 11.8 Å². The Balaban J connectivity index is 2.25. The predicted octanol–water partition coefficient (Wildman–Crippen LogP) is 3.28. The maximum atomic E-state index is 12.8. The molecule has 0 aromatic heterocycles. The fourth-order valence-corrected chi connectivity index (χ4v) is 3.56. The molecule has 1 aliphatic heterocycles. The molecule has 1 aromatic carbocycles. The van der Waals surface area contributed by atoms with Gasteiger partial charge in [0.05, 0.1) is 6.04 Å². The van der Waals surface area contributed by atoms with Crippen molar-refractivity contribution in [2.24, 2.45) is 5.92 Å². The average molecular weight is 306 g/mol. The molecule has 3 atom stereocenters. The molecule has 0 spiro atoms. The maximum Gasteiger partial charge on any atom is 0.241 e. The van der Waals surface area contributed by atoms with Gasteiger partial charge in [0.25, 0.3) is 0 Å². The summed E-state index contributed by atoms with van der Waals surface area (Å²) in [7, 11) is 0. The highest BCUT2D eigenvalue weighted by molar-refractivity contribution is 7.99. The van der Waals surface area contributed by atoms with E-state index in [4.69, 9.17) is 0 Å². The Morgan fingerprint density at radius 1 is 1.24 bits per heavy atom. The molecular weight excluding hydrogens is 280 g/mol. The molecule has 1 fully saturated rings. The number of carbonyl (C=O) groups excluding carboxylic acids is 1. The summed E-state index contributed by atoms with van der Waals surface area (Å²) in [6.45, 7) is 8.52. The summed E-state index contributed by atoms with van der Waals surface area (Å²) < 4.78 is 0. The Bertz CT molecular complexity index is 463. The van der Waals surface area contributed by atoms with Crippen LogP contribution in [0.3, 0.4) is 0 Å². The highest BCUT2D eigenvalue weighted by atomic mass is 32.2. The molecule has 0 radical (unpaired) electrons. The molecule has 1 aromatic rings. The first kappa shape index (κ1) is 16.4. The van der Waals surface area contributed by atoms with Gasteiger partial charge in [0.1, 0.15) is 6.17 Å². The van der Waals surface area contributed by atoms with E-state index >= 15 is 0 Å². The number of amides is 1. The predicted molar refractivity (Wildman–Crippen MR) is 90.3 cm³/mol. The lowest BCUT2D eigenvalue weighted by atomic mass is 10.0. The first-order valence-electron chi connectivity index (χ1n) is 7.77. The van der Waals surface area contributed by atoms with E-state index in [0.29, 0.717) is 5.92 Å². The maximum absolute atomic E-state index is 12.8. The summed E-state index contributed by atoms with van der Waals surface area (Å²) in [6, 6.07) is 10.4. The van der Waals surface area contributed by atoms with Crippen LogP contribution in [0.15, 0.2) is 30.3 Å². The third kappa shape index (κ3) is 3.61. The lowest BCUT2D eigenvalue weighted by molar-refractivity contribution is -0.132. The van der Waals surface area contributed by atoms with Gasteiger partial charge in [-0.1, -0.05) is 51.1 Å². The number of nitrogens with one attached hydrogen (secondary N) is 1. The monoisotopic (exact) mass is 306 g/mol. The van der Waals surface area contributed by atoms with E-state index in [1.54, 1.807) is 0 Å². The molecule has 1 aliphatic rings. The van der Waals surface area contributed by atoms with Crippen molar-refractivity contribution in [1.29, 1.82) is 0 Å². The number of thioether (sulfide) groups is 1. The summed E-state index contributed by atoms with van der Waals surface area (Å²) in [5, 5.41) is 3.53. The topological polar surface area (TPSA) is 32.3 Å². The Kier molecular flexibility index (Phi) is 5.71. The zero-order valence-corrected chi connectivity index (χ0v) is 14.2. The second kappa shape index (κ2) is 7.32. The third-order valence-corrected chi connectivity index (χ3v) is 5.08. The zero-order chi connectivity index (χ0) is 15.4. The van der Waals surface area contributed by atoms with Crippen LogP contribution in [0, 0.1) is 5.92 Å². The average Bonchev–Trinajstić information content (AvgIpc) is 2.83. The fourth-order valence-electron chi connectivity index (χ4n) is 2.82. The molecule has 0 saturated carbocycles. The summed E-state index contributed by atoms with van der Waals surface area (Å²) >= 11 is 1.89. The molecular formula is C17H26N2OS. The molecule has 4 heteroatoms. The fraction of sp³-hybridized carbons (Fsp3) is 0.588. The summed E-state index contributed by atoms with van der Waals surface area (Å²) in [5.41, 5.74) is 1.17. The van der Waals surface area contributed by atoms with E-state index in [9.17, 15) is 4.79 Å². The summed E-state index contributed by atoms with van der Waals surface area (Å²) in [6.07, 6.45) is -0.00134. The van der Waals surface area contributed by atoms with E-state index in [0.717, 1.165) is 11.5 Å². The second-order valence-electron chi connectivity index (χ2n) is 5.96. The van der Waals surface area contributed by atoms with Gasteiger partial charge in [0.2, 0.25) is 5.91 Å². The van der Waals surface area contributed by atoms with E-state index in [-0.39, 0.29) is 24.2 Å². The first-order chi connectivity index (χ1) is 10.1. The van der Waals surface area contributed by atoms with Crippen molar-refractivity contribution < 1.29 is 4.79 Å². The molecule has 0 bridgehead atoms. The van der Waals surface area contributed by atoms with Gasteiger partial charge < -0.3 is 4.90 Å². The number of carbonyl (C=O) groups is 1. The van der Waals surface area contributed by atoms with Crippen LogP contribution in [-0.4, -0.2) is 34.4 Å². The molecule has 2 rings (SSSR count). The first-order valence-corrected chi connectivity index (χ1v) is 8.92. The van der Waals surface area contributed by atoms with Gasteiger partial charge >= 0.3 is 0 Å². The van der Waals surface area contributed by atoms with Gasteiger partial charge in [-0.05, 0) is 24.2 Å². The Morgan fingerprint density at radius 3 is 2.48 bits per heavy atom. The van der Waals surface area contributed by atoms with Crippen LogP contribution in [0.2, 0.25) is 0 Å². The van der Waals surface area contributed by atoms with Crippen LogP contribution in [0.25, 0.3) is 0 Å². The van der Waals surface area contributed by atoms with Crippen molar-refractivity contribution >= 4 is 17.7 Å². The zero-order valence-electron chi connectivity index (χ0n) is 13.4. The van der Waals surface area contributed by atoms with Gasteiger partial charge in [-0.15, -0.1) is 0 Å². The molecule has 21 heavy (non-hydrogen) atoms. The van der Waals surface area contributed by atoms with Crippen molar-refractivity contribution in [1.82, 2.24) is 10.2 Å². The minimum Gasteiger partial charge on any atom is -0.318 e. The van der Waals surface area contributed by atoms with Crippen LogP contribution in [0.4, 0.5) is 0 Å². The molecule has 1 saturated heterocycles. The molecule has 1 amide bonds. The number of benzene rings is 1. The highest BCUT2D eigenvalue weighted by Gasteiger charge is 2.42. The lowest BCUT2D eigenvalue weighted by Gasteiger charge is -2.30. The van der Waals surface area contributed by atoms with Crippen molar-refractivity contribution in [3.05, 3.63) is 35.9 Å². The van der Waals surface area contributed by atoms with E-state index in [1.807, 2.05) is 34.9 Å². The van der Waals surface area contributed by atoms with Crippen LogP contribution in [0.5, 0.6) is 0 Å². The quantitative estimate of drug-likeness (QED) is 0.875. The molecule has 116 valence electrons. The van der Waals surface area contributed by atoms with Crippen molar-refractivity contribution in [3.8, 4) is 0 Å². The van der Waals surface area contributed by atoms with Crippen LogP contribution >= 0.6 is 11.8 Å². The van der Waals surface area contributed by atoms with Gasteiger partial charge in [0.15, 0.2) is 0 Å². The van der Waals surface area contributed by atoms with Crippen LogP contribution in [0.1, 0.15) is 39.4 Å². The Labute approximate surface area is 132 Å². The summed E-state index contributed by atoms with van der Waals surface area (Å²) in [4.78, 5) is 14.8. The van der Waals surface area contributed by atoms with Crippen molar-refractivity contribution in [2.45, 2.75) is 45.9 Å². The normalized spacial score (nSPS) is 23.9. The van der Waals surface area contributed by atoms with Gasteiger partial charge in [-0.3, -0.25) is 10.1 Å². The van der Waals surface area contributed by atoms with Gasteiger partial charge in [0, 0.05) is 11.8 Å². The minimum absolute atomic E-state index is 0.00134.